The second-order valence-corrected chi connectivity index (χ2v) is 18.5. The Kier molecular flexibility index (Phi) is 9.04. The number of rotatable bonds is 8. The average Bonchev–Trinajstić information content (AvgIpc) is 3.97. The number of hydrogen-bond donors (Lipinski definition) is 0. The molecule has 1 aliphatic rings. The van der Waals surface area contributed by atoms with Crippen LogP contribution in [-0.4, -0.2) is 18.5 Å². The van der Waals surface area contributed by atoms with Gasteiger partial charge in [0.05, 0.1) is 16.7 Å². The van der Waals surface area contributed by atoms with Crippen molar-refractivity contribution in [3.8, 4) is 33.7 Å². The number of benzene rings is 9. The molecule has 0 amide bonds. The summed E-state index contributed by atoms with van der Waals surface area (Å²) in [7, 11) is -6.07. The third-order valence-corrected chi connectivity index (χ3v) is 14.2. The molecule has 1 atom stereocenters. The fourth-order valence-electron chi connectivity index (χ4n) is 10.1. The SMILES string of the molecule is CC1(c2ccccc2)c2ccccc2-c2cc(-c3ccc4oc5c(N(c6ccccc6)c6ccc7c(c6)c6ccccc6n7-c6ccccc6)cc(OS(=O)(=O)C(F)(F)F)cc5c4c3)ccc21. The molecular weight excluding hydrogens is 866 g/mol. The van der Waals surface area contributed by atoms with Gasteiger partial charge >= 0.3 is 15.6 Å². The van der Waals surface area contributed by atoms with Crippen LogP contribution in [0.5, 0.6) is 5.75 Å². The van der Waals surface area contributed by atoms with Gasteiger partial charge in [-0.25, -0.2) is 0 Å². The van der Waals surface area contributed by atoms with Crippen molar-refractivity contribution in [3.05, 3.63) is 223 Å². The molecule has 6 nitrogen and oxygen atoms in total. The van der Waals surface area contributed by atoms with Crippen LogP contribution in [0.15, 0.2) is 211 Å². The fourth-order valence-corrected chi connectivity index (χ4v) is 10.6. The van der Waals surface area contributed by atoms with Crippen LogP contribution < -0.4 is 9.08 Å². The minimum atomic E-state index is -6.07. The Hall–Kier alpha value is -8.08. The van der Waals surface area contributed by atoms with Crippen molar-refractivity contribution in [1.82, 2.24) is 4.57 Å². The molecule has 0 aliphatic heterocycles. The normalized spacial score (nSPS) is 14.7. The van der Waals surface area contributed by atoms with Crippen LogP contribution in [-0.2, 0) is 15.5 Å². The molecule has 10 heteroatoms. The summed E-state index contributed by atoms with van der Waals surface area (Å²) in [5, 5.41) is 2.85. The highest BCUT2D eigenvalue weighted by Gasteiger charge is 2.49. The van der Waals surface area contributed by atoms with Crippen LogP contribution in [0.3, 0.4) is 0 Å². The van der Waals surface area contributed by atoms with E-state index in [9.17, 15) is 21.6 Å². The van der Waals surface area contributed by atoms with Gasteiger partial charge in [0.25, 0.3) is 0 Å². The summed E-state index contributed by atoms with van der Waals surface area (Å²) >= 11 is 0. The third kappa shape index (κ3) is 6.35. The van der Waals surface area contributed by atoms with Gasteiger partial charge in [-0.3, -0.25) is 0 Å². The maximum Gasteiger partial charge on any atom is 0.534 e. The lowest BCUT2D eigenvalue weighted by Crippen LogP contribution is -2.28. The van der Waals surface area contributed by atoms with Gasteiger partial charge in [0.1, 0.15) is 11.3 Å². The van der Waals surface area contributed by atoms with Crippen LogP contribution in [0, 0.1) is 0 Å². The summed E-state index contributed by atoms with van der Waals surface area (Å²) in [6, 6.07) is 67.1. The van der Waals surface area contributed by atoms with Crippen molar-refractivity contribution in [2.75, 3.05) is 4.90 Å². The van der Waals surface area contributed by atoms with Gasteiger partial charge in [0, 0.05) is 50.1 Å². The topological polar surface area (TPSA) is 64.7 Å². The summed E-state index contributed by atoms with van der Waals surface area (Å²) in [6.07, 6.45) is 0. The number of halogens is 3. The Morgan fingerprint density at radius 3 is 1.97 bits per heavy atom. The first-order valence-electron chi connectivity index (χ1n) is 21.7. The van der Waals surface area contributed by atoms with Crippen molar-refractivity contribution >= 4 is 70.9 Å². The number of alkyl halides is 3. The van der Waals surface area contributed by atoms with E-state index in [1.165, 1.54) is 28.8 Å². The molecule has 0 bridgehead atoms. The molecule has 0 N–H and O–H groups in total. The lowest BCUT2D eigenvalue weighted by atomic mass is 9.74. The third-order valence-electron chi connectivity index (χ3n) is 13.2. The Morgan fingerprint density at radius 1 is 0.552 bits per heavy atom. The van der Waals surface area contributed by atoms with Crippen molar-refractivity contribution in [2.45, 2.75) is 17.8 Å². The summed E-state index contributed by atoms with van der Waals surface area (Å²) in [4.78, 5) is 1.86. The number of para-hydroxylation sites is 3. The lowest BCUT2D eigenvalue weighted by Gasteiger charge is -2.28. The zero-order chi connectivity index (χ0) is 45.7. The molecule has 12 rings (SSSR count). The summed E-state index contributed by atoms with van der Waals surface area (Å²) in [5.41, 5.74) is 6.78. The number of furan rings is 1. The van der Waals surface area contributed by atoms with Crippen LogP contribution in [0.4, 0.5) is 30.2 Å². The molecule has 67 heavy (non-hydrogen) atoms. The van der Waals surface area contributed by atoms with Crippen LogP contribution >= 0.6 is 0 Å². The quantitative estimate of drug-likeness (QED) is 0.112. The number of aromatic nitrogens is 1. The molecule has 0 saturated heterocycles. The average molecular weight is 903 g/mol. The molecule has 2 heterocycles. The fraction of sp³-hybridized carbons (Fsp3) is 0.0526. The largest absolute Gasteiger partial charge is 0.534 e. The smallest absolute Gasteiger partial charge is 0.454 e. The molecule has 0 fully saturated rings. The van der Waals surface area contributed by atoms with Gasteiger partial charge in [-0.05, 0) is 119 Å². The monoisotopic (exact) mass is 902 g/mol. The predicted molar refractivity (Wildman–Crippen MR) is 261 cm³/mol. The standard InChI is InChI=1S/C57H37F3N2O4S/c1-56(38-15-5-2-6-16-38)49-23-13-11-21-43(49)45-31-36(25-28-50(45)56)37-26-30-54-47(32-37)48-34-42(66-67(63,64)57(58,59)60)35-53(55(48)65-54)61(39-17-7-3-8-18-39)41-27-29-52-46(33-41)44-22-12-14-24-51(44)62(52)40-19-9-4-10-20-40/h2-35H,1H3. The molecule has 1 aliphatic carbocycles. The van der Waals surface area contributed by atoms with E-state index in [4.69, 9.17) is 8.60 Å². The van der Waals surface area contributed by atoms with Gasteiger partial charge in [0.2, 0.25) is 0 Å². The Labute approximate surface area is 383 Å². The Bertz CT molecular complexity index is 3870. The number of hydrogen-bond acceptors (Lipinski definition) is 5. The molecular formula is C57H37F3N2O4S. The van der Waals surface area contributed by atoms with Gasteiger partial charge in [-0.15, -0.1) is 0 Å². The van der Waals surface area contributed by atoms with Gasteiger partial charge < -0.3 is 18.1 Å². The van der Waals surface area contributed by atoms with E-state index in [0.717, 1.165) is 49.7 Å². The van der Waals surface area contributed by atoms with Crippen LogP contribution in [0.1, 0.15) is 23.6 Å². The van der Waals surface area contributed by atoms with Gasteiger partial charge in [-0.1, -0.05) is 127 Å². The minimum Gasteiger partial charge on any atom is -0.454 e. The second-order valence-electron chi connectivity index (χ2n) is 17.0. The molecule has 0 radical (unpaired) electrons. The molecule has 326 valence electrons. The zero-order valence-electron chi connectivity index (χ0n) is 35.7. The highest BCUT2D eigenvalue weighted by molar-refractivity contribution is 7.88. The van der Waals surface area contributed by atoms with E-state index >= 15 is 0 Å². The minimum absolute atomic E-state index is 0.273. The molecule has 9 aromatic carbocycles. The number of nitrogens with zero attached hydrogens (tertiary/aromatic N) is 2. The van der Waals surface area contributed by atoms with Crippen molar-refractivity contribution < 1.29 is 30.2 Å². The van der Waals surface area contributed by atoms with Gasteiger partial charge in [-0.2, -0.15) is 21.6 Å². The lowest BCUT2D eigenvalue weighted by molar-refractivity contribution is -0.0500. The van der Waals surface area contributed by atoms with Crippen LogP contribution in [0.25, 0.3) is 71.7 Å². The van der Waals surface area contributed by atoms with Crippen molar-refractivity contribution in [1.29, 1.82) is 0 Å². The molecule has 11 aromatic rings. The highest BCUT2D eigenvalue weighted by atomic mass is 32.2. The molecule has 0 saturated carbocycles. The van der Waals surface area contributed by atoms with E-state index in [1.54, 1.807) is 0 Å². The van der Waals surface area contributed by atoms with Crippen LogP contribution in [0.2, 0.25) is 0 Å². The van der Waals surface area contributed by atoms with Crippen molar-refractivity contribution in [2.24, 2.45) is 0 Å². The van der Waals surface area contributed by atoms with Gasteiger partial charge in [0.15, 0.2) is 5.58 Å². The van der Waals surface area contributed by atoms with E-state index < -0.39 is 21.4 Å². The number of fused-ring (bicyclic) bond motifs is 9. The Morgan fingerprint density at radius 2 is 1.19 bits per heavy atom. The molecule has 2 aromatic heterocycles. The Balaban J connectivity index is 1.06. The maximum atomic E-state index is 14.0. The molecule has 1 unspecified atom stereocenters. The summed E-state index contributed by atoms with van der Waals surface area (Å²) in [6.45, 7) is 2.26. The zero-order valence-corrected chi connectivity index (χ0v) is 36.5. The summed E-state index contributed by atoms with van der Waals surface area (Å²) < 4.78 is 81.5. The summed E-state index contributed by atoms with van der Waals surface area (Å²) in [5.74, 6) is -0.523. The van der Waals surface area contributed by atoms with Crippen molar-refractivity contribution in [3.63, 3.8) is 0 Å². The first-order valence-corrected chi connectivity index (χ1v) is 23.1. The first-order chi connectivity index (χ1) is 32.5. The maximum absolute atomic E-state index is 14.0. The first kappa shape index (κ1) is 40.4. The second kappa shape index (κ2) is 15.0. The highest BCUT2D eigenvalue weighted by Crippen LogP contribution is 2.53. The molecule has 0 spiro atoms. The number of anilines is 3. The van der Waals surface area contributed by atoms with E-state index in [-0.39, 0.29) is 11.1 Å². The predicted octanol–water partition coefficient (Wildman–Crippen LogP) is 15.4. The van der Waals surface area contributed by atoms with E-state index in [2.05, 4.69) is 84.3 Å². The van der Waals surface area contributed by atoms with E-state index in [1.807, 2.05) is 126 Å². The van der Waals surface area contributed by atoms with E-state index in [0.29, 0.717) is 33.3 Å².